The second-order valence-electron chi connectivity index (χ2n) is 4.34. The number of nitrogens with two attached hydrogens (primary N) is 1. The van der Waals surface area contributed by atoms with E-state index in [1.54, 1.807) is 18.2 Å². The third-order valence-electron chi connectivity index (χ3n) is 2.93. The van der Waals surface area contributed by atoms with Crippen molar-refractivity contribution in [2.24, 2.45) is 5.73 Å². The highest BCUT2D eigenvalue weighted by Gasteiger charge is 2.30. The molecule has 1 aliphatic rings. The molecule has 108 valence electrons. The molecule has 2 rings (SSSR count). The Morgan fingerprint density at radius 3 is 2.58 bits per heavy atom. The molecule has 1 heterocycles. The molecule has 1 aliphatic heterocycles. The van der Waals surface area contributed by atoms with Crippen LogP contribution in [-0.4, -0.2) is 31.9 Å². The summed E-state index contributed by atoms with van der Waals surface area (Å²) in [5.74, 6) is 0. The highest BCUT2D eigenvalue weighted by atomic mass is 79.9. The van der Waals surface area contributed by atoms with Crippen molar-refractivity contribution >= 4 is 54.3 Å². The van der Waals surface area contributed by atoms with Gasteiger partial charge in [0, 0.05) is 28.1 Å². The first-order valence-electron chi connectivity index (χ1n) is 5.62. The molecule has 1 atom stereocenters. The van der Waals surface area contributed by atoms with Gasteiger partial charge in [-0.05, 0) is 47.0 Å². The van der Waals surface area contributed by atoms with Crippen LogP contribution in [0.4, 0.5) is 0 Å². The van der Waals surface area contributed by atoms with E-state index in [1.165, 1.54) is 4.31 Å². The summed E-state index contributed by atoms with van der Waals surface area (Å²) in [6.45, 7) is 0.934. The molecule has 1 fully saturated rings. The van der Waals surface area contributed by atoms with E-state index in [2.05, 4.69) is 31.9 Å². The van der Waals surface area contributed by atoms with Gasteiger partial charge in [0.1, 0.15) is 0 Å². The summed E-state index contributed by atoms with van der Waals surface area (Å²) in [6, 6.07) is 4.99. The van der Waals surface area contributed by atoms with Crippen LogP contribution in [0.2, 0.25) is 0 Å². The number of benzene rings is 1. The third-order valence-corrected chi connectivity index (χ3v) is 6.27. The molecule has 4 nitrogen and oxygen atoms in total. The van der Waals surface area contributed by atoms with Gasteiger partial charge in [-0.15, -0.1) is 12.4 Å². The topological polar surface area (TPSA) is 63.4 Å². The van der Waals surface area contributed by atoms with E-state index >= 15 is 0 Å². The van der Waals surface area contributed by atoms with Crippen LogP contribution in [0, 0.1) is 0 Å². The number of sulfonamides is 1. The minimum absolute atomic E-state index is 0. The lowest BCUT2D eigenvalue weighted by Gasteiger charge is -2.30. The van der Waals surface area contributed by atoms with Crippen molar-refractivity contribution in [2.45, 2.75) is 23.8 Å². The summed E-state index contributed by atoms with van der Waals surface area (Å²) in [6.07, 6.45) is 1.70. The fraction of sp³-hybridized carbons (Fsp3) is 0.455. The van der Waals surface area contributed by atoms with Gasteiger partial charge in [-0.25, -0.2) is 8.42 Å². The fourth-order valence-electron chi connectivity index (χ4n) is 2.02. The zero-order chi connectivity index (χ0) is 13.3. The molecule has 0 spiro atoms. The summed E-state index contributed by atoms with van der Waals surface area (Å²) >= 11 is 6.61. The van der Waals surface area contributed by atoms with E-state index in [-0.39, 0.29) is 18.4 Å². The molecule has 0 radical (unpaired) electrons. The van der Waals surface area contributed by atoms with E-state index < -0.39 is 10.0 Å². The van der Waals surface area contributed by atoms with Gasteiger partial charge in [-0.1, -0.05) is 15.9 Å². The highest BCUT2D eigenvalue weighted by molar-refractivity contribution is 9.11. The Kier molecular flexibility index (Phi) is 6.28. The van der Waals surface area contributed by atoms with Crippen molar-refractivity contribution in [3.8, 4) is 0 Å². The van der Waals surface area contributed by atoms with Gasteiger partial charge in [-0.2, -0.15) is 4.31 Å². The summed E-state index contributed by atoms with van der Waals surface area (Å²) < 4.78 is 27.8. The van der Waals surface area contributed by atoms with Crippen molar-refractivity contribution in [1.82, 2.24) is 4.31 Å². The molecular formula is C11H15Br2ClN2O2S. The van der Waals surface area contributed by atoms with Gasteiger partial charge >= 0.3 is 0 Å². The monoisotopic (exact) mass is 432 g/mol. The number of piperidine rings is 1. The minimum atomic E-state index is -3.46. The largest absolute Gasteiger partial charge is 0.327 e. The molecule has 1 aromatic carbocycles. The summed E-state index contributed by atoms with van der Waals surface area (Å²) in [5.41, 5.74) is 5.84. The van der Waals surface area contributed by atoms with Crippen LogP contribution in [-0.2, 0) is 10.0 Å². The first-order valence-corrected chi connectivity index (χ1v) is 8.64. The van der Waals surface area contributed by atoms with Crippen LogP contribution in [0.1, 0.15) is 12.8 Å². The Balaban J connectivity index is 0.00000180. The first kappa shape index (κ1) is 17.4. The van der Waals surface area contributed by atoms with Crippen LogP contribution in [0.5, 0.6) is 0 Å². The maximum atomic E-state index is 12.5. The second-order valence-corrected chi connectivity index (χ2v) is 8.02. The molecule has 0 aliphatic carbocycles. The van der Waals surface area contributed by atoms with Crippen molar-refractivity contribution in [2.75, 3.05) is 13.1 Å². The lowest BCUT2D eigenvalue weighted by atomic mass is 10.1. The predicted octanol–water partition coefficient (Wildman–Crippen LogP) is 2.75. The van der Waals surface area contributed by atoms with Gasteiger partial charge in [0.05, 0.1) is 4.90 Å². The Labute approximate surface area is 136 Å². The van der Waals surface area contributed by atoms with Crippen molar-refractivity contribution < 1.29 is 8.42 Å². The molecule has 0 aromatic heterocycles. The number of hydrogen-bond acceptors (Lipinski definition) is 3. The Bertz CT molecular complexity index is 554. The molecule has 1 saturated heterocycles. The lowest BCUT2D eigenvalue weighted by molar-refractivity contribution is 0.316. The molecule has 19 heavy (non-hydrogen) atoms. The number of rotatable bonds is 2. The second kappa shape index (κ2) is 6.87. The highest BCUT2D eigenvalue weighted by Crippen LogP contribution is 2.29. The number of hydrogen-bond donors (Lipinski definition) is 1. The van der Waals surface area contributed by atoms with E-state index in [0.29, 0.717) is 22.5 Å². The molecule has 2 N–H and O–H groups in total. The van der Waals surface area contributed by atoms with E-state index in [0.717, 1.165) is 17.3 Å². The van der Waals surface area contributed by atoms with E-state index in [4.69, 9.17) is 5.73 Å². The van der Waals surface area contributed by atoms with Crippen molar-refractivity contribution in [1.29, 1.82) is 0 Å². The van der Waals surface area contributed by atoms with Crippen LogP contribution < -0.4 is 5.73 Å². The smallest absolute Gasteiger partial charge is 0.244 e. The first-order chi connectivity index (χ1) is 8.41. The maximum Gasteiger partial charge on any atom is 0.244 e. The Morgan fingerprint density at radius 1 is 1.32 bits per heavy atom. The minimum Gasteiger partial charge on any atom is -0.327 e. The van der Waals surface area contributed by atoms with E-state index in [9.17, 15) is 8.42 Å². The maximum absolute atomic E-state index is 12.5. The van der Waals surface area contributed by atoms with Crippen LogP contribution >= 0.6 is 44.3 Å². The molecule has 0 amide bonds. The van der Waals surface area contributed by atoms with Gasteiger partial charge in [-0.3, -0.25) is 0 Å². The van der Waals surface area contributed by atoms with E-state index in [1.807, 2.05) is 0 Å². The van der Waals surface area contributed by atoms with Crippen LogP contribution in [0.3, 0.4) is 0 Å². The molecule has 0 unspecified atom stereocenters. The zero-order valence-electron chi connectivity index (χ0n) is 10.1. The van der Waals surface area contributed by atoms with Crippen LogP contribution in [0.25, 0.3) is 0 Å². The average molecular weight is 435 g/mol. The number of halogens is 3. The fourth-order valence-corrected chi connectivity index (χ4v) is 5.26. The van der Waals surface area contributed by atoms with Gasteiger partial charge in [0.25, 0.3) is 0 Å². The zero-order valence-corrected chi connectivity index (χ0v) is 14.9. The Morgan fingerprint density at radius 2 is 2.00 bits per heavy atom. The molecule has 0 saturated carbocycles. The predicted molar refractivity (Wildman–Crippen MR) is 85.1 cm³/mol. The summed E-state index contributed by atoms with van der Waals surface area (Å²) in [5, 5.41) is 0. The molecular weight excluding hydrogens is 419 g/mol. The molecule has 1 aromatic rings. The standard InChI is InChI=1S/C11H14Br2N2O2S.ClH/c12-8-3-4-11(10(13)6-8)18(16,17)15-5-1-2-9(14)7-15;/h3-4,6,9H,1-2,5,7,14H2;1H/t9-;/m1./s1. The van der Waals surface area contributed by atoms with Crippen molar-refractivity contribution in [3.63, 3.8) is 0 Å². The van der Waals surface area contributed by atoms with Gasteiger partial charge in [0.2, 0.25) is 10.0 Å². The SMILES string of the molecule is Cl.N[C@@H]1CCCN(S(=O)(=O)c2ccc(Br)cc2Br)C1. The summed E-state index contributed by atoms with van der Waals surface area (Å²) in [7, 11) is -3.46. The Hall–Kier alpha value is 0.340. The van der Waals surface area contributed by atoms with Crippen LogP contribution in [0.15, 0.2) is 32.0 Å². The third kappa shape index (κ3) is 3.92. The van der Waals surface area contributed by atoms with Gasteiger partial charge in [0.15, 0.2) is 0 Å². The number of nitrogens with zero attached hydrogens (tertiary/aromatic N) is 1. The average Bonchev–Trinajstić information content (AvgIpc) is 2.28. The van der Waals surface area contributed by atoms with Crippen molar-refractivity contribution in [3.05, 3.63) is 27.1 Å². The lowest BCUT2D eigenvalue weighted by Crippen LogP contribution is -2.45. The summed E-state index contributed by atoms with van der Waals surface area (Å²) in [4.78, 5) is 0.291. The van der Waals surface area contributed by atoms with Gasteiger partial charge < -0.3 is 5.73 Å². The normalized spacial score (nSPS) is 20.9. The molecule has 8 heteroatoms. The quantitative estimate of drug-likeness (QED) is 0.779. The molecule has 0 bridgehead atoms.